The lowest BCUT2D eigenvalue weighted by atomic mass is 10.0. The van der Waals surface area contributed by atoms with Crippen molar-refractivity contribution in [3.05, 3.63) is 58.0 Å². The summed E-state index contributed by atoms with van der Waals surface area (Å²) in [5, 5.41) is 4.04. The van der Waals surface area contributed by atoms with Crippen LogP contribution in [0.1, 0.15) is 0 Å². The van der Waals surface area contributed by atoms with E-state index >= 15 is 0 Å². The fourth-order valence-electron chi connectivity index (χ4n) is 2.08. The molecule has 3 nitrogen and oxygen atoms in total. The van der Waals surface area contributed by atoms with Gasteiger partial charge in [0.05, 0.1) is 5.52 Å². The van der Waals surface area contributed by atoms with E-state index in [0.29, 0.717) is 5.69 Å². The Balaban J connectivity index is 2.24. The molecule has 0 aliphatic rings. The highest BCUT2D eigenvalue weighted by Gasteiger charge is 2.09. The van der Waals surface area contributed by atoms with E-state index < -0.39 is 0 Å². The molecule has 0 aliphatic heterocycles. The van der Waals surface area contributed by atoms with Gasteiger partial charge in [0.1, 0.15) is 5.69 Å². The molecule has 0 aliphatic carbocycles. The minimum atomic E-state index is 0.441. The van der Waals surface area contributed by atoms with Crippen LogP contribution in [-0.2, 0) is 0 Å². The highest BCUT2D eigenvalue weighted by atomic mass is 79.9. The summed E-state index contributed by atoms with van der Waals surface area (Å²) in [5.74, 6) is 0. The zero-order valence-corrected chi connectivity index (χ0v) is 10.9. The molecule has 4 heteroatoms. The number of fused-ring (bicyclic) bond motifs is 1. The van der Waals surface area contributed by atoms with E-state index in [1.807, 2.05) is 42.6 Å². The zero-order valence-electron chi connectivity index (χ0n) is 9.35. The number of aromatic amines is 1. The van der Waals surface area contributed by atoms with E-state index in [2.05, 4.69) is 26.1 Å². The molecule has 0 unspecified atom stereocenters. The molecule has 3 aromatic rings. The molecule has 0 saturated carbocycles. The number of hydrogen-bond acceptors (Lipinski definition) is 2. The Morgan fingerprint density at radius 1 is 1.06 bits per heavy atom. The number of para-hydroxylation sites is 1. The Bertz CT molecular complexity index is 716. The van der Waals surface area contributed by atoms with E-state index in [0.717, 1.165) is 26.5 Å². The van der Waals surface area contributed by atoms with Crippen molar-refractivity contribution < 1.29 is 0 Å². The zero-order chi connectivity index (χ0) is 12.5. The van der Waals surface area contributed by atoms with Crippen LogP contribution in [0.3, 0.4) is 0 Å². The summed E-state index contributed by atoms with van der Waals surface area (Å²) in [4.78, 5) is 13.9. The highest BCUT2D eigenvalue weighted by Crippen LogP contribution is 2.33. The standard InChI is InChI=1S/C14H9BrN2O/c15-10-6-4-9(5-7-10)12-8-16-14-11(12)2-1-3-13(14)17-18/h1-8,16H. The molecule has 0 bridgehead atoms. The normalized spacial score (nSPS) is 10.7. The van der Waals surface area contributed by atoms with Crippen molar-refractivity contribution in [1.82, 2.24) is 4.98 Å². The van der Waals surface area contributed by atoms with Crippen molar-refractivity contribution >= 4 is 32.5 Å². The first-order valence-electron chi connectivity index (χ1n) is 5.49. The molecule has 88 valence electrons. The number of rotatable bonds is 2. The number of benzene rings is 2. The molecule has 1 aromatic heterocycles. The van der Waals surface area contributed by atoms with E-state index in [4.69, 9.17) is 0 Å². The summed E-state index contributed by atoms with van der Waals surface area (Å²) in [6.45, 7) is 0. The number of H-pyrrole nitrogens is 1. The Morgan fingerprint density at radius 3 is 2.56 bits per heavy atom. The van der Waals surface area contributed by atoms with Gasteiger partial charge in [-0.25, -0.2) is 0 Å². The molecular formula is C14H9BrN2O. The molecule has 0 radical (unpaired) electrons. The maximum absolute atomic E-state index is 10.7. The average Bonchev–Trinajstić information content (AvgIpc) is 2.83. The van der Waals surface area contributed by atoms with Gasteiger partial charge in [0.2, 0.25) is 0 Å². The van der Waals surface area contributed by atoms with Crippen molar-refractivity contribution in [2.75, 3.05) is 0 Å². The monoisotopic (exact) mass is 300 g/mol. The first kappa shape index (κ1) is 11.2. The lowest BCUT2D eigenvalue weighted by Gasteiger charge is -2.00. The van der Waals surface area contributed by atoms with Crippen LogP contribution in [0, 0.1) is 4.91 Å². The average molecular weight is 301 g/mol. The van der Waals surface area contributed by atoms with Crippen molar-refractivity contribution in [2.45, 2.75) is 0 Å². The number of nitrogens with zero attached hydrogens (tertiary/aromatic N) is 1. The van der Waals surface area contributed by atoms with Gasteiger partial charge in [0, 0.05) is 21.6 Å². The topological polar surface area (TPSA) is 45.2 Å². The Kier molecular flexibility index (Phi) is 2.72. The second kappa shape index (κ2) is 4.38. The summed E-state index contributed by atoms with van der Waals surface area (Å²) in [6, 6.07) is 13.6. The van der Waals surface area contributed by atoms with Gasteiger partial charge in [0.25, 0.3) is 0 Å². The van der Waals surface area contributed by atoms with Crippen LogP contribution >= 0.6 is 15.9 Å². The molecule has 0 saturated heterocycles. The minimum Gasteiger partial charge on any atom is -0.359 e. The Labute approximate surface area is 112 Å². The van der Waals surface area contributed by atoms with Crippen molar-refractivity contribution in [3.63, 3.8) is 0 Å². The molecule has 1 heterocycles. The number of halogens is 1. The van der Waals surface area contributed by atoms with Crippen LogP contribution in [0.5, 0.6) is 0 Å². The minimum absolute atomic E-state index is 0.441. The first-order chi connectivity index (χ1) is 8.79. The smallest absolute Gasteiger partial charge is 0.132 e. The van der Waals surface area contributed by atoms with Crippen LogP contribution in [-0.4, -0.2) is 4.98 Å². The second-order valence-electron chi connectivity index (χ2n) is 4.00. The first-order valence-corrected chi connectivity index (χ1v) is 6.28. The third-order valence-electron chi connectivity index (χ3n) is 2.95. The van der Waals surface area contributed by atoms with E-state index in [1.165, 1.54) is 0 Å². The maximum atomic E-state index is 10.7. The van der Waals surface area contributed by atoms with Gasteiger partial charge in [-0.15, -0.1) is 4.91 Å². The summed E-state index contributed by atoms with van der Waals surface area (Å²) in [6.07, 6.45) is 1.91. The van der Waals surface area contributed by atoms with Crippen molar-refractivity contribution in [3.8, 4) is 11.1 Å². The summed E-state index contributed by atoms with van der Waals surface area (Å²) in [7, 11) is 0. The molecule has 1 N–H and O–H groups in total. The van der Waals surface area contributed by atoms with E-state index in [-0.39, 0.29) is 0 Å². The lowest BCUT2D eigenvalue weighted by Crippen LogP contribution is -1.75. The van der Waals surface area contributed by atoms with Gasteiger partial charge >= 0.3 is 0 Å². The number of nitroso groups, excluding NO2 is 1. The van der Waals surface area contributed by atoms with Gasteiger partial charge in [-0.2, -0.15) is 0 Å². The van der Waals surface area contributed by atoms with Crippen LogP contribution in [0.25, 0.3) is 22.0 Å². The fourth-order valence-corrected chi connectivity index (χ4v) is 2.35. The van der Waals surface area contributed by atoms with Crippen LogP contribution in [0.15, 0.2) is 58.3 Å². The third-order valence-corrected chi connectivity index (χ3v) is 3.48. The third kappa shape index (κ3) is 1.75. The number of nitrogens with one attached hydrogen (secondary N) is 1. The maximum Gasteiger partial charge on any atom is 0.132 e. The molecule has 3 rings (SSSR count). The molecule has 0 spiro atoms. The predicted octanol–water partition coefficient (Wildman–Crippen LogP) is 5.00. The summed E-state index contributed by atoms with van der Waals surface area (Å²) >= 11 is 3.42. The molecule has 0 fully saturated rings. The van der Waals surface area contributed by atoms with Crippen LogP contribution in [0.2, 0.25) is 0 Å². The largest absolute Gasteiger partial charge is 0.359 e. The molecular weight excluding hydrogens is 292 g/mol. The molecule has 0 amide bonds. The lowest BCUT2D eigenvalue weighted by molar-refractivity contribution is 1.44. The van der Waals surface area contributed by atoms with E-state index in [1.54, 1.807) is 6.07 Å². The molecule has 0 atom stereocenters. The Hall–Kier alpha value is -1.94. The quantitative estimate of drug-likeness (QED) is 0.665. The van der Waals surface area contributed by atoms with Gasteiger partial charge in [-0.1, -0.05) is 40.2 Å². The molecule has 2 aromatic carbocycles. The van der Waals surface area contributed by atoms with Gasteiger partial charge in [0.15, 0.2) is 0 Å². The van der Waals surface area contributed by atoms with Gasteiger partial charge < -0.3 is 4.98 Å². The van der Waals surface area contributed by atoms with Gasteiger partial charge in [-0.05, 0) is 28.9 Å². The van der Waals surface area contributed by atoms with Crippen LogP contribution in [0.4, 0.5) is 5.69 Å². The van der Waals surface area contributed by atoms with E-state index in [9.17, 15) is 4.91 Å². The highest BCUT2D eigenvalue weighted by molar-refractivity contribution is 9.10. The predicted molar refractivity (Wildman–Crippen MR) is 76.9 cm³/mol. The number of hydrogen-bond donors (Lipinski definition) is 1. The number of aromatic nitrogens is 1. The summed E-state index contributed by atoms with van der Waals surface area (Å²) in [5.41, 5.74) is 3.40. The van der Waals surface area contributed by atoms with Gasteiger partial charge in [-0.3, -0.25) is 0 Å². The SMILES string of the molecule is O=Nc1cccc2c(-c3ccc(Br)cc3)c[nH]c12. The Morgan fingerprint density at radius 2 is 1.83 bits per heavy atom. The van der Waals surface area contributed by atoms with Crippen molar-refractivity contribution in [2.24, 2.45) is 5.18 Å². The van der Waals surface area contributed by atoms with Crippen molar-refractivity contribution in [1.29, 1.82) is 0 Å². The second-order valence-corrected chi connectivity index (χ2v) is 4.92. The van der Waals surface area contributed by atoms with Crippen LogP contribution < -0.4 is 0 Å². The molecule has 18 heavy (non-hydrogen) atoms. The summed E-state index contributed by atoms with van der Waals surface area (Å²) < 4.78 is 1.04. The fraction of sp³-hybridized carbons (Fsp3) is 0.